The molecule has 0 aliphatic heterocycles. The van der Waals surface area contributed by atoms with Crippen LogP contribution in [0.3, 0.4) is 0 Å². The molecule has 2 aromatic rings. The largest absolute Gasteiger partial charge is 0.396 e. The minimum atomic E-state index is -0.278. The average Bonchev–Trinajstić information content (AvgIpc) is 2.61. The van der Waals surface area contributed by atoms with Crippen molar-refractivity contribution in [1.82, 2.24) is 4.98 Å². The van der Waals surface area contributed by atoms with Crippen LogP contribution in [0.5, 0.6) is 0 Å². The van der Waals surface area contributed by atoms with Gasteiger partial charge in [0.2, 0.25) is 0 Å². The molecule has 0 amide bonds. The number of rotatable bonds is 3. The van der Waals surface area contributed by atoms with Crippen molar-refractivity contribution in [1.29, 1.82) is 0 Å². The van der Waals surface area contributed by atoms with E-state index >= 15 is 0 Å². The predicted octanol–water partition coefficient (Wildman–Crippen LogP) is 3.25. The summed E-state index contributed by atoms with van der Waals surface area (Å²) in [7, 11) is 0. The number of aromatic nitrogens is 1. The fourth-order valence-electron chi connectivity index (χ4n) is 1.34. The van der Waals surface area contributed by atoms with Crippen molar-refractivity contribution < 1.29 is 9.50 Å². The van der Waals surface area contributed by atoms with Crippen LogP contribution in [0.15, 0.2) is 28.9 Å². The first-order chi connectivity index (χ1) is 7.72. The number of aliphatic hydroxyl groups excluding tert-OH is 1. The lowest BCUT2D eigenvalue weighted by molar-refractivity contribution is 0.300. The number of nitrogens with zero attached hydrogens (tertiary/aromatic N) is 1. The molecule has 1 aromatic heterocycles. The Bertz CT molecular complexity index is 500. The normalized spacial score (nSPS) is 10.7. The minimum absolute atomic E-state index is 0.0670. The first kappa shape index (κ1) is 11.7. The smallest absolute Gasteiger partial charge is 0.133 e. The molecule has 84 valence electrons. The topological polar surface area (TPSA) is 33.1 Å². The summed E-state index contributed by atoms with van der Waals surface area (Å²) in [5.41, 5.74) is 0.498. The third-order valence-corrected chi connectivity index (χ3v) is 4.16. The van der Waals surface area contributed by atoms with E-state index in [1.165, 1.54) is 17.4 Å². The molecule has 1 heterocycles. The van der Waals surface area contributed by atoms with Gasteiger partial charge in [-0.15, -0.1) is 11.3 Å². The van der Waals surface area contributed by atoms with Crippen LogP contribution in [0, 0.1) is 5.82 Å². The van der Waals surface area contributed by atoms with Crippen molar-refractivity contribution in [3.05, 3.63) is 39.6 Å². The molecule has 1 N–H and O–H groups in total. The van der Waals surface area contributed by atoms with E-state index in [0.717, 1.165) is 4.88 Å². The second kappa shape index (κ2) is 5.03. The lowest BCUT2D eigenvalue weighted by Gasteiger charge is -1.96. The quantitative estimate of drug-likeness (QED) is 0.944. The number of hydrogen-bond donors (Lipinski definition) is 1. The van der Waals surface area contributed by atoms with E-state index in [4.69, 9.17) is 5.11 Å². The summed E-state index contributed by atoms with van der Waals surface area (Å²) in [4.78, 5) is 5.18. The van der Waals surface area contributed by atoms with Crippen molar-refractivity contribution in [2.75, 3.05) is 6.61 Å². The summed E-state index contributed by atoms with van der Waals surface area (Å²) in [6, 6.07) is 6.54. The van der Waals surface area contributed by atoms with E-state index in [2.05, 4.69) is 20.9 Å². The molecular formula is C11H9BrFNOS. The summed E-state index contributed by atoms with van der Waals surface area (Å²) in [6.45, 7) is 0.0670. The highest BCUT2D eigenvalue weighted by Gasteiger charge is 2.12. The maximum atomic E-state index is 13.5. The highest BCUT2D eigenvalue weighted by atomic mass is 79.9. The molecule has 0 unspecified atom stereocenters. The maximum Gasteiger partial charge on any atom is 0.133 e. The molecule has 0 fully saturated rings. The van der Waals surface area contributed by atoms with Crippen LogP contribution < -0.4 is 0 Å². The molecule has 2 nitrogen and oxygen atoms in total. The van der Waals surface area contributed by atoms with E-state index < -0.39 is 0 Å². The highest BCUT2D eigenvalue weighted by Crippen LogP contribution is 2.32. The Hall–Kier alpha value is -0.780. The number of halogens is 2. The zero-order valence-corrected chi connectivity index (χ0v) is 10.7. The Balaban J connectivity index is 2.42. The molecule has 16 heavy (non-hydrogen) atoms. The molecule has 0 atom stereocenters. The molecule has 0 aliphatic rings. The van der Waals surface area contributed by atoms with E-state index in [0.29, 0.717) is 21.6 Å². The summed E-state index contributed by atoms with van der Waals surface area (Å²) in [5.74, 6) is -0.278. The summed E-state index contributed by atoms with van der Waals surface area (Å²) in [6.07, 6.45) is 0.534. The predicted molar refractivity (Wildman–Crippen MR) is 66.0 cm³/mol. The zero-order chi connectivity index (χ0) is 11.5. The summed E-state index contributed by atoms with van der Waals surface area (Å²) >= 11 is 4.70. The van der Waals surface area contributed by atoms with Gasteiger partial charge < -0.3 is 5.11 Å². The number of hydrogen-bond acceptors (Lipinski definition) is 3. The lowest BCUT2D eigenvalue weighted by Crippen LogP contribution is -1.86. The Labute approximate surface area is 105 Å². The van der Waals surface area contributed by atoms with Gasteiger partial charge in [-0.25, -0.2) is 9.37 Å². The number of thiazole rings is 1. The molecule has 0 radical (unpaired) electrons. The van der Waals surface area contributed by atoms with Crippen molar-refractivity contribution in [2.24, 2.45) is 0 Å². The van der Waals surface area contributed by atoms with Crippen molar-refractivity contribution in [2.45, 2.75) is 6.42 Å². The van der Waals surface area contributed by atoms with Gasteiger partial charge in [0.1, 0.15) is 15.4 Å². The van der Waals surface area contributed by atoms with Gasteiger partial charge in [-0.05, 0) is 28.1 Å². The van der Waals surface area contributed by atoms with Crippen LogP contribution in [0.1, 0.15) is 4.88 Å². The standard InChI is InChI=1S/C11H9BrFNOS/c12-10-9(5-6-15)16-11(14-10)7-3-1-2-4-8(7)13/h1-4,15H,5-6H2. The van der Waals surface area contributed by atoms with Crippen LogP contribution in [-0.4, -0.2) is 16.7 Å². The Kier molecular flexibility index (Phi) is 3.68. The lowest BCUT2D eigenvalue weighted by atomic mass is 10.2. The first-order valence-corrected chi connectivity index (χ1v) is 6.34. The molecule has 2 rings (SSSR count). The van der Waals surface area contributed by atoms with Gasteiger partial charge in [0.15, 0.2) is 0 Å². The van der Waals surface area contributed by atoms with Gasteiger partial charge in [0, 0.05) is 23.5 Å². The summed E-state index contributed by atoms with van der Waals surface area (Å²) < 4.78 is 14.2. The second-order valence-electron chi connectivity index (χ2n) is 3.19. The zero-order valence-electron chi connectivity index (χ0n) is 8.28. The molecule has 0 saturated carbocycles. The van der Waals surface area contributed by atoms with Gasteiger partial charge in [-0.3, -0.25) is 0 Å². The molecule has 0 saturated heterocycles. The van der Waals surface area contributed by atoms with E-state index in [9.17, 15) is 4.39 Å². The van der Waals surface area contributed by atoms with Crippen molar-refractivity contribution >= 4 is 27.3 Å². The van der Waals surface area contributed by atoms with Crippen molar-refractivity contribution in [3.8, 4) is 10.6 Å². The molecular weight excluding hydrogens is 293 g/mol. The Morgan fingerprint density at radius 3 is 2.81 bits per heavy atom. The number of benzene rings is 1. The van der Waals surface area contributed by atoms with Crippen molar-refractivity contribution in [3.63, 3.8) is 0 Å². The van der Waals surface area contributed by atoms with E-state index in [1.807, 2.05) is 0 Å². The summed E-state index contributed by atoms with van der Waals surface area (Å²) in [5, 5.41) is 9.50. The van der Waals surface area contributed by atoms with E-state index in [-0.39, 0.29) is 12.4 Å². The van der Waals surface area contributed by atoms with Gasteiger partial charge in [-0.1, -0.05) is 12.1 Å². The molecule has 0 spiro atoms. The molecule has 1 aromatic carbocycles. The third-order valence-electron chi connectivity index (χ3n) is 2.09. The van der Waals surface area contributed by atoms with Crippen LogP contribution >= 0.6 is 27.3 Å². The monoisotopic (exact) mass is 301 g/mol. The average molecular weight is 302 g/mol. The van der Waals surface area contributed by atoms with Crippen LogP contribution in [0.2, 0.25) is 0 Å². The third kappa shape index (κ3) is 2.31. The van der Waals surface area contributed by atoms with Gasteiger partial charge in [0.05, 0.1) is 0 Å². The number of aliphatic hydroxyl groups is 1. The van der Waals surface area contributed by atoms with Crippen LogP contribution in [0.25, 0.3) is 10.6 Å². The van der Waals surface area contributed by atoms with E-state index in [1.54, 1.807) is 18.2 Å². The minimum Gasteiger partial charge on any atom is -0.396 e. The maximum absolute atomic E-state index is 13.5. The molecule has 0 bridgehead atoms. The van der Waals surface area contributed by atoms with Gasteiger partial charge in [-0.2, -0.15) is 0 Å². The Morgan fingerprint density at radius 1 is 1.38 bits per heavy atom. The molecule has 5 heteroatoms. The SMILES string of the molecule is OCCc1sc(-c2ccccc2F)nc1Br. The van der Waals surface area contributed by atoms with Gasteiger partial charge >= 0.3 is 0 Å². The van der Waals surface area contributed by atoms with Crippen LogP contribution in [-0.2, 0) is 6.42 Å². The fourth-order valence-corrected chi connectivity index (χ4v) is 3.04. The van der Waals surface area contributed by atoms with Crippen LogP contribution in [0.4, 0.5) is 4.39 Å². The first-order valence-electron chi connectivity index (χ1n) is 4.73. The molecule has 0 aliphatic carbocycles. The van der Waals surface area contributed by atoms with Gasteiger partial charge in [0.25, 0.3) is 0 Å². The Morgan fingerprint density at radius 2 is 2.12 bits per heavy atom. The second-order valence-corrected chi connectivity index (χ2v) is 5.02. The highest BCUT2D eigenvalue weighted by molar-refractivity contribution is 9.10. The fraction of sp³-hybridized carbons (Fsp3) is 0.182.